The minimum atomic E-state index is -0.712. The van der Waals surface area contributed by atoms with Gasteiger partial charge in [-0.3, -0.25) is 9.88 Å². The summed E-state index contributed by atoms with van der Waals surface area (Å²) in [6, 6.07) is 9.20. The van der Waals surface area contributed by atoms with E-state index in [-0.39, 0.29) is 12.0 Å². The lowest BCUT2D eigenvalue weighted by atomic mass is 9.74. The van der Waals surface area contributed by atoms with Crippen LogP contribution < -0.4 is 10.1 Å². The molecule has 2 saturated heterocycles. The number of benzene rings is 2. The summed E-state index contributed by atoms with van der Waals surface area (Å²) in [4.78, 5) is 9.32. The molecule has 2 aliphatic rings. The van der Waals surface area contributed by atoms with Gasteiger partial charge in [0.05, 0.1) is 31.9 Å². The summed E-state index contributed by atoms with van der Waals surface area (Å²) in [6.45, 7) is 6.75. The van der Waals surface area contributed by atoms with Gasteiger partial charge >= 0.3 is 0 Å². The maximum Gasteiger partial charge on any atom is 0.128 e. The molecular formula is C32H42F2N4O4. The van der Waals surface area contributed by atoms with Crippen molar-refractivity contribution in [1.82, 2.24) is 14.8 Å². The van der Waals surface area contributed by atoms with E-state index in [0.717, 1.165) is 79.4 Å². The van der Waals surface area contributed by atoms with Crippen LogP contribution in [0, 0.1) is 17.0 Å². The highest BCUT2D eigenvalue weighted by Crippen LogP contribution is 2.40. The summed E-state index contributed by atoms with van der Waals surface area (Å²) in [5.74, 6) is -0.479. The number of morpholine rings is 1. The molecule has 42 heavy (non-hydrogen) atoms. The number of likely N-dealkylation sites (tertiary alicyclic amines) is 1. The molecule has 0 radical (unpaired) electrons. The maximum atomic E-state index is 13.5. The Morgan fingerprint density at radius 2 is 1.79 bits per heavy atom. The SMILES string of the molecule is COc1ccc2ncc(CN3CCOCC3)c(C(O)CCC3(CO)CCN(CCNc4cc(F)cc(F)c4)CC3)c2c1. The van der Waals surface area contributed by atoms with Crippen molar-refractivity contribution in [2.75, 3.05) is 71.5 Å². The Kier molecular flexibility index (Phi) is 10.2. The molecule has 2 fully saturated rings. The molecule has 2 aromatic carbocycles. The molecule has 0 spiro atoms. The Labute approximate surface area is 246 Å². The topological polar surface area (TPSA) is 90.3 Å². The highest BCUT2D eigenvalue weighted by Gasteiger charge is 2.35. The molecule has 0 amide bonds. The van der Waals surface area contributed by atoms with Crippen molar-refractivity contribution in [2.24, 2.45) is 5.41 Å². The van der Waals surface area contributed by atoms with Gasteiger partial charge in [-0.05, 0) is 85.6 Å². The van der Waals surface area contributed by atoms with E-state index in [1.165, 1.54) is 12.1 Å². The molecule has 1 unspecified atom stereocenters. The summed E-state index contributed by atoms with van der Waals surface area (Å²) >= 11 is 0. The molecule has 5 rings (SSSR count). The Hall–Kier alpha value is -2.89. The van der Waals surface area contributed by atoms with Gasteiger partial charge in [-0.25, -0.2) is 8.78 Å². The fraction of sp³-hybridized carbons (Fsp3) is 0.531. The molecule has 2 aliphatic heterocycles. The average molecular weight is 585 g/mol. The van der Waals surface area contributed by atoms with Crippen molar-refractivity contribution >= 4 is 16.6 Å². The number of aliphatic hydroxyl groups excluding tert-OH is 2. The predicted molar refractivity (Wildman–Crippen MR) is 159 cm³/mol. The number of halogens is 2. The first-order valence-corrected chi connectivity index (χ1v) is 14.8. The monoisotopic (exact) mass is 584 g/mol. The van der Waals surface area contributed by atoms with Crippen LogP contribution in [-0.4, -0.2) is 91.2 Å². The number of rotatable bonds is 12. The predicted octanol–water partition coefficient (Wildman–Crippen LogP) is 4.35. The van der Waals surface area contributed by atoms with Crippen LogP contribution in [0.5, 0.6) is 5.75 Å². The molecule has 10 heteroatoms. The lowest BCUT2D eigenvalue weighted by Gasteiger charge is -2.41. The number of hydrogen-bond donors (Lipinski definition) is 3. The summed E-state index contributed by atoms with van der Waals surface area (Å²) in [7, 11) is 1.64. The number of piperidine rings is 1. The first-order valence-electron chi connectivity index (χ1n) is 14.8. The third kappa shape index (κ3) is 7.54. The molecule has 1 atom stereocenters. The van der Waals surface area contributed by atoms with Crippen molar-refractivity contribution < 1.29 is 28.5 Å². The summed E-state index contributed by atoms with van der Waals surface area (Å²) in [6.07, 6.45) is 4.03. The molecule has 0 saturated carbocycles. The number of nitrogens with one attached hydrogen (secondary N) is 1. The highest BCUT2D eigenvalue weighted by atomic mass is 19.1. The van der Waals surface area contributed by atoms with E-state index in [9.17, 15) is 19.0 Å². The quantitative estimate of drug-likeness (QED) is 0.290. The van der Waals surface area contributed by atoms with Gasteiger partial charge in [0.25, 0.3) is 0 Å². The van der Waals surface area contributed by atoms with Crippen LogP contribution in [0.2, 0.25) is 0 Å². The van der Waals surface area contributed by atoms with Crippen LogP contribution in [0.25, 0.3) is 10.9 Å². The second kappa shape index (κ2) is 14.1. The van der Waals surface area contributed by atoms with E-state index in [4.69, 9.17) is 14.5 Å². The molecule has 3 heterocycles. The van der Waals surface area contributed by atoms with Gasteiger partial charge in [-0.15, -0.1) is 0 Å². The van der Waals surface area contributed by atoms with Crippen LogP contribution in [0.4, 0.5) is 14.5 Å². The number of aromatic nitrogens is 1. The number of anilines is 1. The lowest BCUT2D eigenvalue weighted by Crippen LogP contribution is -2.43. The normalized spacial score (nSPS) is 18.7. The molecule has 8 nitrogen and oxygen atoms in total. The van der Waals surface area contributed by atoms with Crippen LogP contribution in [-0.2, 0) is 11.3 Å². The number of fused-ring (bicyclic) bond motifs is 1. The number of aliphatic hydroxyl groups is 2. The molecule has 228 valence electrons. The standard InChI is InChI=1S/C32H42F2N4O4/c1-41-27-2-3-29-28(19-27)31(23(20-36-29)21-38-12-14-42-15-13-38)30(40)4-5-32(22-39)6-9-37(10-7-32)11-8-35-26-17-24(33)16-25(34)18-26/h2-3,16-20,30,35,39-40H,4-15,21-22H2,1H3. The van der Waals surface area contributed by atoms with Crippen molar-refractivity contribution in [3.05, 3.63) is 65.4 Å². The largest absolute Gasteiger partial charge is 0.497 e. The first-order chi connectivity index (χ1) is 20.4. The van der Waals surface area contributed by atoms with Crippen molar-refractivity contribution in [3.8, 4) is 5.75 Å². The van der Waals surface area contributed by atoms with E-state index in [1.54, 1.807) is 7.11 Å². The Balaban J connectivity index is 1.22. The number of nitrogens with zero attached hydrogens (tertiary/aromatic N) is 3. The number of hydrogen-bond acceptors (Lipinski definition) is 8. The Morgan fingerprint density at radius 3 is 2.48 bits per heavy atom. The molecule has 0 bridgehead atoms. The van der Waals surface area contributed by atoms with Crippen LogP contribution >= 0.6 is 0 Å². The zero-order chi connectivity index (χ0) is 29.5. The van der Waals surface area contributed by atoms with E-state index in [0.29, 0.717) is 44.8 Å². The van der Waals surface area contributed by atoms with Gasteiger partial charge in [0, 0.05) is 62.7 Å². The Morgan fingerprint density at radius 1 is 1.05 bits per heavy atom. The minimum absolute atomic E-state index is 0.0694. The molecular weight excluding hydrogens is 542 g/mol. The van der Waals surface area contributed by atoms with E-state index in [2.05, 4.69) is 15.1 Å². The molecule has 1 aromatic heterocycles. The molecule has 3 N–H and O–H groups in total. The average Bonchev–Trinajstić information content (AvgIpc) is 3.00. The summed E-state index contributed by atoms with van der Waals surface area (Å²) < 4.78 is 37.9. The summed E-state index contributed by atoms with van der Waals surface area (Å²) in [5.41, 5.74) is 2.87. The zero-order valence-electron chi connectivity index (χ0n) is 24.3. The van der Waals surface area contributed by atoms with E-state index >= 15 is 0 Å². The third-order valence-corrected chi connectivity index (χ3v) is 8.85. The number of pyridine rings is 1. The summed E-state index contributed by atoms with van der Waals surface area (Å²) in [5, 5.41) is 26.1. The van der Waals surface area contributed by atoms with Crippen molar-refractivity contribution in [2.45, 2.75) is 38.3 Å². The van der Waals surface area contributed by atoms with Gasteiger partial charge in [0.2, 0.25) is 0 Å². The van der Waals surface area contributed by atoms with Gasteiger partial charge in [0.15, 0.2) is 0 Å². The van der Waals surface area contributed by atoms with Crippen molar-refractivity contribution in [3.63, 3.8) is 0 Å². The second-order valence-electron chi connectivity index (χ2n) is 11.6. The Bertz CT molecular complexity index is 1310. The number of methoxy groups -OCH3 is 1. The van der Waals surface area contributed by atoms with E-state index in [1.807, 2.05) is 24.4 Å². The minimum Gasteiger partial charge on any atom is -0.497 e. The van der Waals surface area contributed by atoms with Crippen molar-refractivity contribution in [1.29, 1.82) is 0 Å². The van der Waals surface area contributed by atoms with Gasteiger partial charge < -0.3 is 29.9 Å². The number of ether oxygens (including phenoxy) is 2. The molecule has 0 aliphatic carbocycles. The zero-order valence-corrected chi connectivity index (χ0v) is 24.3. The van der Waals surface area contributed by atoms with Crippen LogP contribution in [0.15, 0.2) is 42.6 Å². The van der Waals surface area contributed by atoms with Gasteiger partial charge in [-0.2, -0.15) is 0 Å². The van der Waals surface area contributed by atoms with Crippen LogP contribution in [0.1, 0.15) is 42.9 Å². The van der Waals surface area contributed by atoms with E-state index < -0.39 is 17.7 Å². The smallest absolute Gasteiger partial charge is 0.128 e. The third-order valence-electron chi connectivity index (χ3n) is 8.85. The molecule has 3 aromatic rings. The highest BCUT2D eigenvalue weighted by molar-refractivity contribution is 5.85. The fourth-order valence-corrected chi connectivity index (χ4v) is 6.22. The van der Waals surface area contributed by atoms with Gasteiger partial charge in [-0.1, -0.05) is 0 Å². The first kappa shape index (κ1) is 30.6. The second-order valence-corrected chi connectivity index (χ2v) is 11.6. The fourth-order valence-electron chi connectivity index (χ4n) is 6.22. The van der Waals surface area contributed by atoms with Crippen LogP contribution in [0.3, 0.4) is 0 Å². The lowest BCUT2D eigenvalue weighted by molar-refractivity contribution is 0.0239. The van der Waals surface area contributed by atoms with Gasteiger partial charge in [0.1, 0.15) is 17.4 Å². The maximum absolute atomic E-state index is 13.5.